The second kappa shape index (κ2) is 18.9. The van der Waals surface area contributed by atoms with E-state index in [0.717, 1.165) is 22.3 Å². The van der Waals surface area contributed by atoms with E-state index in [-0.39, 0.29) is 21.2 Å². The van der Waals surface area contributed by atoms with Crippen molar-refractivity contribution in [1.82, 2.24) is 9.44 Å². The quantitative estimate of drug-likeness (QED) is 0.0596. The molecule has 0 aliphatic rings. The Labute approximate surface area is 352 Å². The number of nitrogens with one attached hydrogen (secondary N) is 8. The van der Waals surface area contributed by atoms with Gasteiger partial charge < -0.3 is 31.9 Å². The molecular weight excluding hydrogens is 821 g/mol. The lowest BCUT2D eigenvalue weighted by Gasteiger charge is -2.14. The van der Waals surface area contributed by atoms with Gasteiger partial charge in [0.2, 0.25) is 0 Å². The summed E-state index contributed by atoms with van der Waals surface area (Å²) in [6, 6.07) is 35.3. The summed E-state index contributed by atoms with van der Waals surface area (Å²) in [5, 5.41) is 15.3. The van der Waals surface area contributed by atoms with Crippen LogP contribution in [-0.2, 0) is 26.5 Å². The summed E-state index contributed by atoms with van der Waals surface area (Å²) in [4.78, 5) is 50.1. The number of sulfonamides is 2. The molecule has 0 saturated carbocycles. The van der Waals surface area contributed by atoms with Crippen molar-refractivity contribution in [3.63, 3.8) is 0 Å². The first kappa shape index (κ1) is 42.9. The average Bonchev–Trinajstić information content (AvgIpc) is 3.21. The van der Waals surface area contributed by atoms with Crippen LogP contribution in [0.3, 0.4) is 0 Å². The molecule has 0 aliphatic carbocycles. The van der Waals surface area contributed by atoms with Crippen LogP contribution in [0.2, 0.25) is 0 Å². The largest absolute Gasteiger partial charge is 0.333 e. The van der Waals surface area contributed by atoms with Gasteiger partial charge in [0, 0.05) is 22.7 Å². The van der Waals surface area contributed by atoms with Gasteiger partial charge in [-0.3, -0.25) is 0 Å². The number of amides is 8. The minimum absolute atomic E-state index is 0.0373. The molecule has 312 valence electrons. The minimum atomic E-state index is -4.41. The van der Waals surface area contributed by atoms with E-state index in [1.807, 2.05) is 47.6 Å². The van der Waals surface area contributed by atoms with Gasteiger partial charge in [0.25, 0.3) is 20.0 Å². The molecule has 0 atom stereocenters. The van der Waals surface area contributed by atoms with Crippen molar-refractivity contribution < 1.29 is 36.0 Å². The second-order valence-electron chi connectivity index (χ2n) is 13.6. The van der Waals surface area contributed by atoms with Gasteiger partial charge in [-0.2, -0.15) is 0 Å². The van der Waals surface area contributed by atoms with Crippen molar-refractivity contribution in [2.45, 2.75) is 30.1 Å². The molecule has 6 aromatic carbocycles. The Morgan fingerprint density at radius 2 is 0.672 bits per heavy atom. The lowest BCUT2D eigenvalue weighted by atomic mass is 10.0. The van der Waals surface area contributed by atoms with Crippen LogP contribution in [0.4, 0.5) is 53.3 Å². The lowest BCUT2D eigenvalue weighted by Crippen LogP contribution is -2.35. The summed E-state index contributed by atoms with van der Waals surface area (Å²) >= 11 is 0. The molecule has 6 aromatic rings. The van der Waals surface area contributed by atoms with Crippen LogP contribution in [0.5, 0.6) is 0 Å². The van der Waals surface area contributed by atoms with Crippen LogP contribution < -0.4 is 41.3 Å². The van der Waals surface area contributed by atoms with Crippen LogP contribution in [0.1, 0.15) is 22.3 Å². The second-order valence-corrected chi connectivity index (χ2v) is 16.9. The molecule has 16 nitrogen and oxygen atoms in total. The highest BCUT2D eigenvalue weighted by Crippen LogP contribution is 2.24. The first-order valence-corrected chi connectivity index (χ1v) is 21.4. The molecule has 8 amide bonds. The van der Waals surface area contributed by atoms with Crippen LogP contribution >= 0.6 is 0 Å². The molecule has 0 spiro atoms. The number of hydrogen-bond donors (Lipinski definition) is 8. The van der Waals surface area contributed by atoms with Gasteiger partial charge in [-0.15, -0.1) is 0 Å². The summed E-state index contributed by atoms with van der Waals surface area (Å²) < 4.78 is 56.6. The molecule has 18 heteroatoms. The van der Waals surface area contributed by atoms with E-state index in [1.54, 1.807) is 84.9 Å². The summed E-state index contributed by atoms with van der Waals surface area (Å²) in [5.74, 6) is 0. The van der Waals surface area contributed by atoms with Gasteiger partial charge in [-0.05, 0) is 104 Å². The van der Waals surface area contributed by atoms with E-state index in [9.17, 15) is 36.0 Å². The van der Waals surface area contributed by atoms with Crippen molar-refractivity contribution in [2.75, 3.05) is 31.9 Å². The highest BCUT2D eigenvalue weighted by molar-refractivity contribution is 7.90. The normalized spacial score (nSPS) is 11.0. The van der Waals surface area contributed by atoms with E-state index in [2.05, 4.69) is 31.9 Å². The number of carbonyl (C=O) groups excluding carboxylic acids is 4. The van der Waals surface area contributed by atoms with E-state index in [1.165, 1.54) is 36.4 Å². The highest BCUT2D eigenvalue weighted by atomic mass is 32.2. The number of rotatable bonds is 12. The fourth-order valence-electron chi connectivity index (χ4n) is 5.77. The molecule has 0 radical (unpaired) electrons. The zero-order valence-corrected chi connectivity index (χ0v) is 34.3. The Morgan fingerprint density at radius 3 is 1.02 bits per heavy atom. The first-order valence-electron chi connectivity index (χ1n) is 18.4. The Balaban J connectivity index is 0.986. The van der Waals surface area contributed by atoms with Crippen molar-refractivity contribution in [3.05, 3.63) is 168 Å². The highest BCUT2D eigenvalue weighted by Gasteiger charge is 2.24. The predicted octanol–water partition coefficient (Wildman–Crippen LogP) is 8.20. The summed E-state index contributed by atoms with van der Waals surface area (Å²) in [7, 11) is -8.83. The van der Waals surface area contributed by atoms with Crippen molar-refractivity contribution >= 4 is 78.3 Å². The summed E-state index contributed by atoms with van der Waals surface area (Å²) in [5.41, 5.74) is 5.24. The first-order chi connectivity index (χ1) is 29.1. The molecule has 0 aliphatic heterocycles. The van der Waals surface area contributed by atoms with Gasteiger partial charge in [0.1, 0.15) is 9.79 Å². The third-order valence-corrected chi connectivity index (χ3v) is 11.5. The van der Waals surface area contributed by atoms with Crippen LogP contribution in [0, 0.1) is 13.8 Å². The van der Waals surface area contributed by atoms with Gasteiger partial charge in [-0.25, -0.2) is 45.5 Å². The van der Waals surface area contributed by atoms with Gasteiger partial charge in [0.05, 0.1) is 11.4 Å². The van der Waals surface area contributed by atoms with Crippen molar-refractivity contribution in [3.8, 4) is 0 Å². The molecule has 0 bridgehead atoms. The standard InChI is InChI=1S/C43H40N8O8S2/c1-28-11-19-32(20-12-28)44-40(52)48-36-7-3-5-9-38(36)60(56,57)50-42(54)46-34-23-15-30(16-24-34)27-31-17-25-35(26-18-31)47-43(55)51-61(58,59)39-10-6-4-8-37(39)49-41(53)45-33-21-13-29(2)14-22-33/h3-26H,27H2,1-2H3,(H2,44,48,52)(H2,45,49,53)(H2,46,50,54)(H2,47,51,55). The van der Waals surface area contributed by atoms with Crippen LogP contribution in [0.15, 0.2) is 155 Å². The molecule has 61 heavy (non-hydrogen) atoms. The monoisotopic (exact) mass is 860 g/mol. The third-order valence-electron chi connectivity index (χ3n) is 8.75. The summed E-state index contributed by atoms with van der Waals surface area (Å²) in [6.07, 6.45) is 0.449. The molecule has 8 N–H and O–H groups in total. The molecule has 0 heterocycles. The van der Waals surface area contributed by atoms with E-state index < -0.39 is 44.2 Å². The number of para-hydroxylation sites is 2. The number of benzene rings is 6. The van der Waals surface area contributed by atoms with Crippen LogP contribution in [-0.4, -0.2) is 41.0 Å². The molecule has 0 unspecified atom stereocenters. The zero-order chi connectivity index (χ0) is 43.6. The van der Waals surface area contributed by atoms with Gasteiger partial charge in [0.15, 0.2) is 0 Å². The number of hydrogen-bond acceptors (Lipinski definition) is 8. The zero-order valence-electron chi connectivity index (χ0n) is 32.6. The molecule has 0 fully saturated rings. The smallest absolute Gasteiger partial charge is 0.308 e. The molecular formula is C43H40N8O8S2. The number of anilines is 6. The maximum absolute atomic E-state index is 13.2. The van der Waals surface area contributed by atoms with E-state index in [0.29, 0.717) is 29.2 Å². The summed E-state index contributed by atoms with van der Waals surface area (Å²) in [6.45, 7) is 3.80. The maximum Gasteiger partial charge on any atom is 0.333 e. The SMILES string of the molecule is Cc1ccc(NC(=O)Nc2ccccc2S(=O)(=O)NC(=O)Nc2ccc(Cc3ccc(NC(=O)NS(=O)(=O)c4ccccc4NC(=O)Nc4ccc(C)cc4)cc3)cc2)cc1. The van der Waals surface area contributed by atoms with Gasteiger partial charge >= 0.3 is 24.1 Å². The van der Waals surface area contributed by atoms with Crippen molar-refractivity contribution in [2.24, 2.45) is 0 Å². The van der Waals surface area contributed by atoms with E-state index >= 15 is 0 Å². The average molecular weight is 861 g/mol. The Bertz CT molecular complexity index is 2590. The molecule has 0 aromatic heterocycles. The Kier molecular flexibility index (Phi) is 13.3. The fraction of sp³-hybridized carbons (Fsp3) is 0.0698. The number of aryl methyl sites for hydroxylation is 2. The molecule has 0 saturated heterocycles. The Morgan fingerprint density at radius 1 is 0.377 bits per heavy atom. The van der Waals surface area contributed by atoms with Crippen molar-refractivity contribution in [1.29, 1.82) is 0 Å². The lowest BCUT2D eigenvalue weighted by molar-refractivity contribution is 0.255. The number of urea groups is 4. The minimum Gasteiger partial charge on any atom is -0.308 e. The fourth-order valence-corrected chi connectivity index (χ4v) is 7.91. The predicted molar refractivity (Wildman–Crippen MR) is 235 cm³/mol. The van der Waals surface area contributed by atoms with Crippen LogP contribution in [0.25, 0.3) is 0 Å². The van der Waals surface area contributed by atoms with E-state index in [4.69, 9.17) is 0 Å². The third kappa shape index (κ3) is 12.2. The van der Waals surface area contributed by atoms with Gasteiger partial charge in [-0.1, -0.05) is 83.9 Å². The maximum atomic E-state index is 13.2. The molecule has 6 rings (SSSR count). The Hall–Kier alpha value is -7.70. The number of carbonyl (C=O) groups is 4. The topological polar surface area (TPSA) is 233 Å².